The number of hydrogen-bond acceptors (Lipinski definition) is 1. The van der Waals surface area contributed by atoms with Crippen molar-refractivity contribution < 1.29 is 13.2 Å². The molecule has 0 fully saturated rings. The van der Waals surface area contributed by atoms with Gasteiger partial charge in [0.1, 0.15) is 0 Å². The van der Waals surface area contributed by atoms with E-state index in [4.69, 9.17) is 0 Å². The zero-order valence-electron chi connectivity index (χ0n) is 16.9. The van der Waals surface area contributed by atoms with Crippen LogP contribution in [0.25, 0.3) is 21.9 Å². The van der Waals surface area contributed by atoms with E-state index in [2.05, 4.69) is 71.2 Å². The molecule has 0 saturated heterocycles. The summed E-state index contributed by atoms with van der Waals surface area (Å²) < 4.78 is 39.6. The molecular weight excluding hydrogens is 510 g/mol. The quantitative estimate of drug-likeness (QED) is 0.258. The highest BCUT2D eigenvalue weighted by molar-refractivity contribution is 14.1. The molecule has 0 aliphatic carbocycles. The fraction of sp³-hybridized carbons (Fsp3) is 0.154. The summed E-state index contributed by atoms with van der Waals surface area (Å²) in [7, 11) is 0. The van der Waals surface area contributed by atoms with Crippen LogP contribution in [0, 0.1) is 3.57 Å². The third-order valence-electron chi connectivity index (χ3n) is 5.46. The minimum absolute atomic E-state index is 0.153. The van der Waals surface area contributed by atoms with Gasteiger partial charge in [0.15, 0.2) is 0 Å². The summed E-state index contributed by atoms with van der Waals surface area (Å²) in [5.41, 5.74) is 3.41. The third-order valence-corrected chi connectivity index (χ3v) is 6.40. The zero-order valence-corrected chi connectivity index (χ0v) is 19.0. The molecule has 5 heteroatoms. The van der Waals surface area contributed by atoms with Crippen LogP contribution in [-0.4, -0.2) is 0 Å². The largest absolute Gasteiger partial charge is 0.416 e. The van der Waals surface area contributed by atoms with Gasteiger partial charge in [0.2, 0.25) is 0 Å². The van der Waals surface area contributed by atoms with E-state index in [0.717, 1.165) is 32.4 Å². The monoisotopic (exact) mass is 531 g/mol. The van der Waals surface area contributed by atoms with Crippen LogP contribution in [0.1, 0.15) is 29.7 Å². The van der Waals surface area contributed by atoms with Crippen LogP contribution in [-0.2, 0) is 12.7 Å². The normalized spacial score (nSPS) is 12.8. The van der Waals surface area contributed by atoms with Crippen molar-refractivity contribution in [2.24, 2.45) is 0 Å². The Balaban J connectivity index is 1.53. The van der Waals surface area contributed by atoms with Gasteiger partial charge in [-0.3, -0.25) is 0 Å². The van der Waals surface area contributed by atoms with Crippen molar-refractivity contribution in [3.05, 3.63) is 105 Å². The van der Waals surface area contributed by atoms with Gasteiger partial charge in [0, 0.05) is 16.2 Å². The van der Waals surface area contributed by atoms with Crippen molar-refractivity contribution in [2.45, 2.75) is 25.7 Å². The molecule has 1 atom stereocenters. The van der Waals surface area contributed by atoms with Crippen molar-refractivity contribution >= 4 is 33.4 Å². The van der Waals surface area contributed by atoms with E-state index in [1.807, 2.05) is 24.3 Å². The first kappa shape index (κ1) is 21.8. The maximum Gasteiger partial charge on any atom is 0.416 e. The summed E-state index contributed by atoms with van der Waals surface area (Å²) in [6.45, 7) is 2.81. The molecule has 0 aromatic heterocycles. The number of halogens is 4. The van der Waals surface area contributed by atoms with E-state index in [1.165, 1.54) is 28.5 Å². The van der Waals surface area contributed by atoms with Crippen molar-refractivity contribution in [1.29, 1.82) is 0 Å². The lowest BCUT2D eigenvalue weighted by molar-refractivity contribution is -0.137. The summed E-state index contributed by atoms with van der Waals surface area (Å²) in [4.78, 5) is 0. The second-order valence-electron chi connectivity index (χ2n) is 7.56. The van der Waals surface area contributed by atoms with Gasteiger partial charge >= 0.3 is 6.18 Å². The molecule has 1 nitrogen and oxygen atoms in total. The van der Waals surface area contributed by atoms with Gasteiger partial charge in [0.25, 0.3) is 0 Å². The zero-order chi connectivity index (χ0) is 22.0. The van der Waals surface area contributed by atoms with Gasteiger partial charge in [-0.25, -0.2) is 0 Å². The van der Waals surface area contributed by atoms with Crippen LogP contribution in [0.4, 0.5) is 13.2 Å². The summed E-state index contributed by atoms with van der Waals surface area (Å²) >= 11 is 2.22. The van der Waals surface area contributed by atoms with Crippen molar-refractivity contribution in [1.82, 2.24) is 5.32 Å². The first-order valence-electron chi connectivity index (χ1n) is 10.00. The second-order valence-corrected chi connectivity index (χ2v) is 8.72. The molecule has 0 aliphatic rings. The Hall–Kier alpha value is -2.38. The van der Waals surface area contributed by atoms with Crippen LogP contribution >= 0.6 is 22.6 Å². The predicted octanol–water partition coefficient (Wildman–Crippen LogP) is 7.98. The lowest BCUT2D eigenvalue weighted by atomic mass is 9.99. The lowest BCUT2D eigenvalue weighted by Crippen LogP contribution is -2.18. The molecule has 0 unspecified atom stereocenters. The maximum atomic E-state index is 12.9. The molecule has 4 aromatic carbocycles. The lowest BCUT2D eigenvalue weighted by Gasteiger charge is -2.17. The molecule has 31 heavy (non-hydrogen) atoms. The standard InChI is InChI=1S/C26H21F3IN/c1-17(22-8-4-6-19-5-2-3-7-23(19)22)31-16-18-9-14-25(30)24(15-18)20-10-12-21(13-11-20)26(27,28)29/h2-15,17,31H,16H2,1H3/t17-/m1/s1. The Kier molecular flexibility index (Phi) is 6.34. The average molecular weight is 531 g/mol. The number of fused-ring (bicyclic) bond motifs is 1. The first-order valence-corrected chi connectivity index (χ1v) is 11.1. The van der Waals surface area contributed by atoms with Gasteiger partial charge in [0.05, 0.1) is 5.56 Å². The number of alkyl halides is 3. The minimum atomic E-state index is -4.32. The van der Waals surface area contributed by atoms with Gasteiger partial charge in [-0.05, 0) is 86.8 Å². The van der Waals surface area contributed by atoms with Crippen molar-refractivity contribution in [3.8, 4) is 11.1 Å². The van der Waals surface area contributed by atoms with Crippen LogP contribution in [0.15, 0.2) is 84.9 Å². The highest BCUT2D eigenvalue weighted by Crippen LogP contribution is 2.33. The molecule has 1 N–H and O–H groups in total. The van der Waals surface area contributed by atoms with Gasteiger partial charge < -0.3 is 5.32 Å². The van der Waals surface area contributed by atoms with Crippen LogP contribution in [0.2, 0.25) is 0 Å². The molecule has 0 bridgehead atoms. The summed E-state index contributed by atoms with van der Waals surface area (Å²) in [5.74, 6) is 0. The average Bonchev–Trinajstić information content (AvgIpc) is 2.77. The fourth-order valence-electron chi connectivity index (χ4n) is 3.75. The maximum absolute atomic E-state index is 12.9. The van der Waals surface area contributed by atoms with E-state index in [-0.39, 0.29) is 6.04 Å². The van der Waals surface area contributed by atoms with E-state index in [1.54, 1.807) is 0 Å². The highest BCUT2D eigenvalue weighted by atomic mass is 127. The Bertz CT molecular complexity index is 1190. The Labute approximate surface area is 193 Å². The SMILES string of the molecule is C[C@@H](NCc1ccc(I)c(-c2ccc(C(F)(F)F)cc2)c1)c1cccc2ccccc12. The molecule has 0 aliphatic heterocycles. The number of hydrogen-bond donors (Lipinski definition) is 1. The molecule has 0 spiro atoms. The van der Waals surface area contributed by atoms with E-state index in [0.29, 0.717) is 6.54 Å². The molecule has 0 radical (unpaired) electrons. The Morgan fingerprint density at radius 1 is 0.871 bits per heavy atom. The number of benzene rings is 4. The van der Waals surface area contributed by atoms with Crippen LogP contribution < -0.4 is 5.32 Å². The summed E-state index contributed by atoms with van der Waals surface area (Å²) in [6, 6.07) is 26.3. The topological polar surface area (TPSA) is 12.0 Å². The summed E-state index contributed by atoms with van der Waals surface area (Å²) in [6.07, 6.45) is -4.32. The number of rotatable bonds is 5. The molecule has 0 saturated carbocycles. The summed E-state index contributed by atoms with van der Waals surface area (Å²) in [5, 5.41) is 6.03. The van der Waals surface area contributed by atoms with Crippen molar-refractivity contribution in [3.63, 3.8) is 0 Å². The smallest absolute Gasteiger partial charge is 0.306 e. The van der Waals surface area contributed by atoms with E-state index in [9.17, 15) is 13.2 Å². The molecule has 158 valence electrons. The third kappa shape index (κ3) is 4.93. The predicted molar refractivity (Wildman–Crippen MR) is 129 cm³/mol. The fourth-order valence-corrected chi connectivity index (χ4v) is 4.40. The molecule has 0 heterocycles. The van der Waals surface area contributed by atoms with E-state index >= 15 is 0 Å². The molecule has 0 amide bonds. The first-order chi connectivity index (χ1) is 14.8. The van der Waals surface area contributed by atoms with E-state index < -0.39 is 11.7 Å². The van der Waals surface area contributed by atoms with Crippen LogP contribution in [0.3, 0.4) is 0 Å². The molecular formula is C26H21F3IN. The van der Waals surface area contributed by atoms with Crippen molar-refractivity contribution in [2.75, 3.05) is 0 Å². The highest BCUT2D eigenvalue weighted by Gasteiger charge is 2.30. The number of nitrogens with one attached hydrogen (secondary N) is 1. The van der Waals surface area contributed by atoms with Gasteiger partial charge in [-0.15, -0.1) is 0 Å². The second kappa shape index (κ2) is 9.01. The molecule has 4 rings (SSSR count). The van der Waals surface area contributed by atoms with Crippen LogP contribution in [0.5, 0.6) is 0 Å². The van der Waals surface area contributed by atoms with Gasteiger partial charge in [-0.1, -0.05) is 60.7 Å². The minimum Gasteiger partial charge on any atom is -0.306 e. The Morgan fingerprint density at radius 2 is 1.58 bits per heavy atom. The molecule has 4 aromatic rings. The van der Waals surface area contributed by atoms with Gasteiger partial charge in [-0.2, -0.15) is 13.2 Å². The Morgan fingerprint density at radius 3 is 2.32 bits per heavy atom.